The quantitative estimate of drug-likeness (QED) is 0.772. The van der Waals surface area contributed by atoms with Gasteiger partial charge in [0, 0.05) is 13.3 Å². The first-order valence-electron chi connectivity index (χ1n) is 5.65. The van der Waals surface area contributed by atoms with Crippen LogP contribution in [0, 0.1) is 0 Å². The molecule has 0 saturated carbocycles. The Morgan fingerprint density at radius 2 is 2.25 bits per heavy atom. The zero-order valence-corrected chi connectivity index (χ0v) is 10.2. The van der Waals surface area contributed by atoms with Crippen molar-refractivity contribution in [2.75, 3.05) is 25.6 Å². The molecule has 1 rings (SSSR count). The molecule has 0 aliphatic rings. The van der Waals surface area contributed by atoms with Crippen LogP contribution in [0.2, 0.25) is 0 Å². The van der Waals surface area contributed by atoms with Gasteiger partial charge in [0.15, 0.2) is 11.6 Å². The lowest BCUT2D eigenvalue weighted by Crippen LogP contribution is -2.24. The lowest BCUT2D eigenvalue weighted by molar-refractivity contribution is 0.184. The van der Waals surface area contributed by atoms with Crippen molar-refractivity contribution in [2.45, 2.75) is 26.3 Å². The first-order valence-corrected chi connectivity index (χ1v) is 5.65. The van der Waals surface area contributed by atoms with Crippen molar-refractivity contribution < 1.29 is 9.47 Å². The highest BCUT2D eigenvalue weighted by Gasteiger charge is 2.10. The molecule has 0 fully saturated rings. The summed E-state index contributed by atoms with van der Waals surface area (Å²) < 4.78 is 10.6. The molecule has 0 aliphatic carbocycles. The molecule has 1 unspecified atom stereocenters. The summed E-state index contributed by atoms with van der Waals surface area (Å²) in [4.78, 5) is 4.28. The highest BCUT2D eigenvalue weighted by molar-refractivity contribution is 5.50. The molecule has 1 aromatic rings. The summed E-state index contributed by atoms with van der Waals surface area (Å²) in [5.41, 5.74) is 0. The first kappa shape index (κ1) is 12.8. The maximum atomic E-state index is 5.49. The average molecular weight is 224 g/mol. The van der Waals surface area contributed by atoms with Gasteiger partial charge in [-0.05, 0) is 25.5 Å². The summed E-state index contributed by atoms with van der Waals surface area (Å²) in [7, 11) is 1.70. The maximum Gasteiger partial charge on any atom is 0.169 e. The molecule has 0 bridgehead atoms. The monoisotopic (exact) mass is 224 g/mol. The van der Waals surface area contributed by atoms with E-state index in [-0.39, 0.29) is 6.04 Å². The number of ether oxygens (including phenoxy) is 2. The molecule has 4 nitrogen and oxygen atoms in total. The lowest BCUT2D eigenvalue weighted by Gasteiger charge is -2.18. The van der Waals surface area contributed by atoms with Crippen molar-refractivity contribution in [1.82, 2.24) is 4.98 Å². The van der Waals surface area contributed by atoms with Crippen LogP contribution in [-0.4, -0.2) is 31.3 Å². The van der Waals surface area contributed by atoms with Gasteiger partial charge in [0.2, 0.25) is 0 Å². The minimum absolute atomic E-state index is 0.263. The number of rotatable bonds is 7. The highest BCUT2D eigenvalue weighted by Crippen LogP contribution is 2.21. The summed E-state index contributed by atoms with van der Waals surface area (Å²) in [5.74, 6) is 1.58. The Morgan fingerprint density at radius 1 is 1.44 bits per heavy atom. The van der Waals surface area contributed by atoms with E-state index in [1.165, 1.54) is 0 Å². The second-order valence-electron chi connectivity index (χ2n) is 3.49. The Labute approximate surface area is 97.0 Å². The molecular weight excluding hydrogens is 204 g/mol. The number of anilines is 1. The van der Waals surface area contributed by atoms with Crippen LogP contribution < -0.4 is 10.1 Å². The molecule has 16 heavy (non-hydrogen) atoms. The van der Waals surface area contributed by atoms with E-state index in [1.54, 1.807) is 13.3 Å². The summed E-state index contributed by atoms with van der Waals surface area (Å²) in [6.07, 6.45) is 2.74. The number of nitrogens with one attached hydrogen (secondary N) is 1. The van der Waals surface area contributed by atoms with Crippen molar-refractivity contribution in [1.29, 1.82) is 0 Å². The van der Waals surface area contributed by atoms with Crippen LogP contribution in [-0.2, 0) is 4.74 Å². The number of nitrogens with zero attached hydrogens (tertiary/aromatic N) is 1. The maximum absolute atomic E-state index is 5.49. The van der Waals surface area contributed by atoms with E-state index in [1.807, 2.05) is 19.1 Å². The fourth-order valence-corrected chi connectivity index (χ4v) is 1.43. The van der Waals surface area contributed by atoms with Gasteiger partial charge in [-0.25, -0.2) is 4.98 Å². The SMILES string of the molecule is CCOc1cccnc1NC(CC)COC. The molecule has 0 saturated heterocycles. The average Bonchev–Trinajstić information content (AvgIpc) is 2.31. The van der Waals surface area contributed by atoms with Crippen LogP contribution in [0.1, 0.15) is 20.3 Å². The molecule has 90 valence electrons. The number of pyridine rings is 1. The van der Waals surface area contributed by atoms with Crippen molar-refractivity contribution in [3.63, 3.8) is 0 Å². The second-order valence-corrected chi connectivity index (χ2v) is 3.49. The fraction of sp³-hybridized carbons (Fsp3) is 0.583. The molecule has 0 aliphatic heterocycles. The number of hydrogen-bond donors (Lipinski definition) is 1. The molecule has 0 aromatic carbocycles. The summed E-state index contributed by atoms with van der Waals surface area (Å²) >= 11 is 0. The van der Waals surface area contributed by atoms with Gasteiger partial charge in [-0.15, -0.1) is 0 Å². The van der Waals surface area contributed by atoms with Gasteiger partial charge in [0.1, 0.15) is 0 Å². The van der Waals surface area contributed by atoms with Crippen LogP contribution in [0.5, 0.6) is 5.75 Å². The van der Waals surface area contributed by atoms with Gasteiger partial charge in [-0.1, -0.05) is 6.92 Å². The molecule has 0 amide bonds. The molecule has 0 radical (unpaired) electrons. The third kappa shape index (κ3) is 3.70. The lowest BCUT2D eigenvalue weighted by atomic mass is 10.2. The van der Waals surface area contributed by atoms with Crippen molar-refractivity contribution in [2.24, 2.45) is 0 Å². The van der Waals surface area contributed by atoms with E-state index in [4.69, 9.17) is 9.47 Å². The molecule has 1 aromatic heterocycles. The molecule has 0 spiro atoms. The third-order valence-corrected chi connectivity index (χ3v) is 2.27. The van der Waals surface area contributed by atoms with Crippen LogP contribution in [0.15, 0.2) is 18.3 Å². The Bertz CT molecular complexity index is 305. The normalized spacial score (nSPS) is 12.2. The Hall–Kier alpha value is -1.29. The summed E-state index contributed by atoms with van der Waals surface area (Å²) in [6, 6.07) is 4.05. The fourth-order valence-electron chi connectivity index (χ4n) is 1.43. The van der Waals surface area contributed by atoms with Crippen LogP contribution in [0.3, 0.4) is 0 Å². The van der Waals surface area contributed by atoms with E-state index in [9.17, 15) is 0 Å². The largest absolute Gasteiger partial charge is 0.490 e. The number of aromatic nitrogens is 1. The zero-order chi connectivity index (χ0) is 11.8. The molecule has 1 atom stereocenters. The Balaban J connectivity index is 2.70. The van der Waals surface area contributed by atoms with Crippen LogP contribution >= 0.6 is 0 Å². The molecule has 1 N–H and O–H groups in total. The van der Waals surface area contributed by atoms with Gasteiger partial charge < -0.3 is 14.8 Å². The van der Waals surface area contributed by atoms with E-state index < -0.39 is 0 Å². The van der Waals surface area contributed by atoms with Crippen LogP contribution in [0.4, 0.5) is 5.82 Å². The zero-order valence-electron chi connectivity index (χ0n) is 10.2. The molecule has 1 heterocycles. The Kier molecular flexibility index (Phi) is 5.64. The van der Waals surface area contributed by atoms with E-state index in [0.29, 0.717) is 13.2 Å². The highest BCUT2D eigenvalue weighted by atomic mass is 16.5. The van der Waals surface area contributed by atoms with Gasteiger partial charge >= 0.3 is 0 Å². The minimum Gasteiger partial charge on any atom is -0.490 e. The van der Waals surface area contributed by atoms with E-state index in [2.05, 4.69) is 17.2 Å². The number of hydrogen-bond acceptors (Lipinski definition) is 4. The first-order chi connectivity index (χ1) is 7.81. The summed E-state index contributed by atoms with van der Waals surface area (Å²) in [5, 5.41) is 3.32. The van der Waals surface area contributed by atoms with Crippen molar-refractivity contribution in [3.8, 4) is 5.75 Å². The van der Waals surface area contributed by atoms with Gasteiger partial charge in [0.05, 0.1) is 19.3 Å². The Morgan fingerprint density at radius 3 is 2.88 bits per heavy atom. The van der Waals surface area contributed by atoms with Gasteiger partial charge in [-0.3, -0.25) is 0 Å². The number of methoxy groups -OCH3 is 1. The summed E-state index contributed by atoms with van der Waals surface area (Å²) in [6.45, 7) is 5.38. The van der Waals surface area contributed by atoms with Crippen molar-refractivity contribution in [3.05, 3.63) is 18.3 Å². The topological polar surface area (TPSA) is 43.4 Å². The van der Waals surface area contributed by atoms with Gasteiger partial charge in [-0.2, -0.15) is 0 Å². The third-order valence-electron chi connectivity index (χ3n) is 2.27. The van der Waals surface area contributed by atoms with Crippen LogP contribution in [0.25, 0.3) is 0 Å². The smallest absolute Gasteiger partial charge is 0.169 e. The van der Waals surface area contributed by atoms with E-state index in [0.717, 1.165) is 18.0 Å². The second kappa shape index (κ2) is 7.06. The predicted octanol–water partition coefficient (Wildman–Crippen LogP) is 2.32. The predicted molar refractivity (Wildman–Crippen MR) is 65.0 cm³/mol. The standard InChI is InChI=1S/C12H20N2O2/c1-4-10(9-15-3)14-12-11(16-5-2)7-6-8-13-12/h6-8,10H,4-5,9H2,1-3H3,(H,13,14). The van der Waals surface area contributed by atoms with Crippen molar-refractivity contribution >= 4 is 5.82 Å². The van der Waals surface area contributed by atoms with E-state index >= 15 is 0 Å². The molecular formula is C12H20N2O2. The minimum atomic E-state index is 0.263. The molecule has 4 heteroatoms. The van der Waals surface area contributed by atoms with Gasteiger partial charge in [0.25, 0.3) is 0 Å².